The summed E-state index contributed by atoms with van der Waals surface area (Å²) in [5.41, 5.74) is 2.64. The van der Waals surface area contributed by atoms with Gasteiger partial charge in [-0.2, -0.15) is 0 Å². The molecule has 0 saturated carbocycles. The average molecular weight is 402 g/mol. The zero-order valence-corrected chi connectivity index (χ0v) is 16.7. The third-order valence-electron chi connectivity index (χ3n) is 5.05. The number of halogens is 1. The molecule has 0 radical (unpaired) electrons. The summed E-state index contributed by atoms with van der Waals surface area (Å²) in [6, 6.07) is 11.3. The normalized spacial score (nSPS) is 16.7. The predicted molar refractivity (Wildman–Crippen MR) is 111 cm³/mol. The van der Waals surface area contributed by atoms with Crippen LogP contribution >= 0.6 is 11.6 Å². The largest absolute Gasteiger partial charge is 0.486 e. The summed E-state index contributed by atoms with van der Waals surface area (Å²) in [6.45, 7) is 4.91. The smallest absolute Gasteiger partial charge is 0.228 e. The van der Waals surface area contributed by atoms with Gasteiger partial charge < -0.3 is 24.6 Å². The van der Waals surface area contributed by atoms with Gasteiger partial charge in [0, 0.05) is 31.2 Å². The first-order chi connectivity index (χ1) is 13.6. The van der Waals surface area contributed by atoms with Crippen molar-refractivity contribution >= 4 is 28.9 Å². The van der Waals surface area contributed by atoms with Crippen LogP contribution in [0.1, 0.15) is 5.56 Å². The molecule has 2 aromatic carbocycles. The number of amides is 1. The van der Waals surface area contributed by atoms with Gasteiger partial charge in [0.15, 0.2) is 11.5 Å². The minimum atomic E-state index is -0.0886. The van der Waals surface area contributed by atoms with Gasteiger partial charge in [0.1, 0.15) is 13.2 Å². The molecule has 2 aliphatic rings. The molecule has 7 heteroatoms. The molecule has 0 bridgehead atoms. The summed E-state index contributed by atoms with van der Waals surface area (Å²) in [7, 11) is 2.12. The number of ether oxygens (including phenoxy) is 2. The lowest BCUT2D eigenvalue weighted by Crippen LogP contribution is -2.44. The quantitative estimate of drug-likeness (QED) is 0.853. The van der Waals surface area contributed by atoms with E-state index >= 15 is 0 Å². The summed E-state index contributed by atoms with van der Waals surface area (Å²) >= 11 is 6.19. The second-order valence-corrected chi connectivity index (χ2v) is 7.59. The molecule has 0 atom stereocenters. The summed E-state index contributed by atoms with van der Waals surface area (Å²) in [6.07, 6.45) is 0.255. The highest BCUT2D eigenvalue weighted by molar-refractivity contribution is 6.31. The van der Waals surface area contributed by atoms with Gasteiger partial charge in [-0.25, -0.2) is 0 Å². The number of likely N-dealkylation sites (N-methyl/N-ethyl adjacent to an activating group) is 1. The molecular weight excluding hydrogens is 378 g/mol. The van der Waals surface area contributed by atoms with Crippen LogP contribution in [-0.4, -0.2) is 57.2 Å². The molecule has 2 aromatic rings. The molecule has 2 aliphatic heterocycles. The highest BCUT2D eigenvalue weighted by Gasteiger charge is 2.19. The number of rotatable bonds is 4. The molecule has 0 unspecified atom stereocenters. The first kappa shape index (κ1) is 18.9. The lowest BCUT2D eigenvalue weighted by molar-refractivity contribution is -0.115. The molecule has 148 valence electrons. The van der Waals surface area contributed by atoms with Crippen molar-refractivity contribution in [3.63, 3.8) is 0 Å². The van der Waals surface area contributed by atoms with E-state index in [0.717, 1.165) is 48.9 Å². The number of nitrogens with zero attached hydrogens (tertiary/aromatic N) is 2. The Kier molecular flexibility index (Phi) is 5.59. The van der Waals surface area contributed by atoms with Gasteiger partial charge in [-0.05, 0) is 42.9 Å². The van der Waals surface area contributed by atoms with Crippen LogP contribution in [0.3, 0.4) is 0 Å². The van der Waals surface area contributed by atoms with E-state index in [9.17, 15) is 4.79 Å². The molecule has 1 fully saturated rings. The number of anilines is 2. The van der Waals surface area contributed by atoms with Crippen molar-refractivity contribution in [1.82, 2.24) is 4.90 Å². The van der Waals surface area contributed by atoms with Gasteiger partial charge in [-0.15, -0.1) is 0 Å². The number of hydrogen-bond acceptors (Lipinski definition) is 5. The van der Waals surface area contributed by atoms with E-state index in [-0.39, 0.29) is 12.3 Å². The van der Waals surface area contributed by atoms with E-state index < -0.39 is 0 Å². The Bertz CT molecular complexity index is 866. The minimum absolute atomic E-state index is 0.0886. The number of nitrogens with one attached hydrogen (secondary N) is 1. The van der Waals surface area contributed by atoms with E-state index in [1.54, 1.807) is 0 Å². The van der Waals surface area contributed by atoms with E-state index in [1.165, 1.54) is 0 Å². The number of hydrogen-bond donors (Lipinski definition) is 1. The van der Waals surface area contributed by atoms with Crippen LogP contribution in [0, 0.1) is 0 Å². The van der Waals surface area contributed by atoms with Crippen molar-refractivity contribution in [2.24, 2.45) is 0 Å². The first-order valence-corrected chi connectivity index (χ1v) is 9.88. The van der Waals surface area contributed by atoms with Crippen LogP contribution < -0.4 is 19.7 Å². The van der Waals surface area contributed by atoms with Gasteiger partial charge >= 0.3 is 0 Å². The first-order valence-electron chi connectivity index (χ1n) is 9.50. The Labute approximate surface area is 170 Å². The van der Waals surface area contributed by atoms with Crippen LogP contribution in [0.25, 0.3) is 0 Å². The van der Waals surface area contributed by atoms with Gasteiger partial charge in [-0.3, -0.25) is 4.79 Å². The topological polar surface area (TPSA) is 54.0 Å². The van der Waals surface area contributed by atoms with E-state index in [2.05, 4.69) is 22.2 Å². The molecule has 0 spiro atoms. The van der Waals surface area contributed by atoms with E-state index in [1.807, 2.05) is 36.4 Å². The second kappa shape index (κ2) is 8.29. The van der Waals surface area contributed by atoms with Crippen LogP contribution in [0.5, 0.6) is 11.5 Å². The number of carbonyl (C=O) groups is 1. The highest BCUT2D eigenvalue weighted by atomic mass is 35.5. The van der Waals surface area contributed by atoms with Crippen LogP contribution in [0.4, 0.5) is 11.4 Å². The maximum absolute atomic E-state index is 12.7. The van der Waals surface area contributed by atoms with Crippen molar-refractivity contribution in [2.45, 2.75) is 6.42 Å². The molecule has 0 aromatic heterocycles. The average Bonchev–Trinajstić information content (AvgIpc) is 2.69. The molecular formula is C21H24ClN3O3. The summed E-state index contributed by atoms with van der Waals surface area (Å²) in [5, 5.41) is 3.64. The fourth-order valence-electron chi connectivity index (χ4n) is 3.51. The zero-order valence-electron chi connectivity index (χ0n) is 15.9. The fourth-order valence-corrected chi connectivity index (χ4v) is 3.68. The van der Waals surface area contributed by atoms with Crippen molar-refractivity contribution < 1.29 is 14.3 Å². The Hall–Kier alpha value is -2.44. The lowest BCUT2D eigenvalue weighted by atomic mass is 10.1. The van der Waals surface area contributed by atoms with Crippen molar-refractivity contribution in [3.8, 4) is 11.5 Å². The molecule has 1 N–H and O–H groups in total. The highest BCUT2D eigenvalue weighted by Crippen LogP contribution is 2.32. The number of benzene rings is 2. The third kappa shape index (κ3) is 4.34. The summed E-state index contributed by atoms with van der Waals surface area (Å²) in [5.74, 6) is 1.33. The van der Waals surface area contributed by atoms with Crippen LogP contribution in [-0.2, 0) is 11.2 Å². The monoisotopic (exact) mass is 401 g/mol. The van der Waals surface area contributed by atoms with E-state index in [0.29, 0.717) is 24.0 Å². The maximum atomic E-state index is 12.7. The van der Waals surface area contributed by atoms with E-state index in [4.69, 9.17) is 21.1 Å². The van der Waals surface area contributed by atoms with Crippen molar-refractivity contribution in [1.29, 1.82) is 0 Å². The van der Waals surface area contributed by atoms with Crippen LogP contribution in [0.2, 0.25) is 5.02 Å². The van der Waals surface area contributed by atoms with Crippen LogP contribution in [0.15, 0.2) is 36.4 Å². The predicted octanol–water partition coefficient (Wildman–Crippen LogP) is 3.04. The molecule has 28 heavy (non-hydrogen) atoms. The van der Waals surface area contributed by atoms with Gasteiger partial charge in [0.2, 0.25) is 5.91 Å². The molecule has 1 amide bonds. The standard InChI is InChI=1S/C21H24ClN3O3/c1-24-6-8-25(9-7-24)18-4-3-16(22)14-17(18)23-21(26)13-15-2-5-19-20(12-15)28-11-10-27-19/h2-5,12,14H,6-11,13H2,1H3,(H,23,26). The SMILES string of the molecule is CN1CCN(c2ccc(Cl)cc2NC(=O)Cc2ccc3c(c2)OCCO3)CC1. The second-order valence-electron chi connectivity index (χ2n) is 7.15. The van der Waals surface area contributed by atoms with Gasteiger partial charge in [-0.1, -0.05) is 17.7 Å². The number of piperazine rings is 1. The Morgan fingerprint density at radius 3 is 2.57 bits per heavy atom. The lowest BCUT2D eigenvalue weighted by Gasteiger charge is -2.35. The third-order valence-corrected chi connectivity index (χ3v) is 5.28. The summed E-state index contributed by atoms with van der Waals surface area (Å²) in [4.78, 5) is 17.3. The molecule has 0 aliphatic carbocycles. The Balaban J connectivity index is 1.47. The fraction of sp³-hybridized carbons (Fsp3) is 0.381. The molecule has 6 nitrogen and oxygen atoms in total. The minimum Gasteiger partial charge on any atom is -0.486 e. The van der Waals surface area contributed by atoms with Gasteiger partial charge in [0.05, 0.1) is 17.8 Å². The van der Waals surface area contributed by atoms with Crippen molar-refractivity contribution in [2.75, 3.05) is 56.7 Å². The zero-order chi connectivity index (χ0) is 19.5. The Morgan fingerprint density at radius 1 is 1.04 bits per heavy atom. The number of fused-ring (bicyclic) bond motifs is 1. The Morgan fingerprint density at radius 2 is 1.79 bits per heavy atom. The van der Waals surface area contributed by atoms with Crippen molar-refractivity contribution in [3.05, 3.63) is 47.0 Å². The number of carbonyl (C=O) groups excluding carboxylic acids is 1. The summed E-state index contributed by atoms with van der Waals surface area (Å²) < 4.78 is 11.1. The molecule has 2 heterocycles. The molecule has 4 rings (SSSR count). The maximum Gasteiger partial charge on any atom is 0.228 e. The molecule has 1 saturated heterocycles. The van der Waals surface area contributed by atoms with Gasteiger partial charge in [0.25, 0.3) is 0 Å².